The topological polar surface area (TPSA) is 88.3 Å². The molecule has 0 saturated carbocycles. The average molecular weight is 396 g/mol. The predicted molar refractivity (Wildman–Crippen MR) is 113 cm³/mol. The first kappa shape index (κ1) is 19.4. The van der Waals surface area contributed by atoms with Gasteiger partial charge in [0.25, 0.3) is 0 Å². The molecule has 154 valence electrons. The minimum absolute atomic E-state index is 0.0640. The summed E-state index contributed by atoms with van der Waals surface area (Å²) in [6, 6.07) is 8.25. The highest BCUT2D eigenvalue weighted by molar-refractivity contribution is 5.84. The quantitative estimate of drug-likeness (QED) is 0.635. The summed E-state index contributed by atoms with van der Waals surface area (Å²) in [7, 11) is 1.67. The maximum atomic E-state index is 9.74. The molecule has 0 bridgehead atoms. The van der Waals surface area contributed by atoms with E-state index in [0.29, 0.717) is 18.3 Å². The zero-order valence-corrected chi connectivity index (χ0v) is 17.2. The molecule has 2 N–H and O–H groups in total. The first-order valence-electron chi connectivity index (χ1n) is 10.1. The summed E-state index contributed by atoms with van der Waals surface area (Å²) in [6.45, 7) is 5.78. The van der Waals surface area contributed by atoms with Crippen LogP contribution >= 0.6 is 0 Å². The van der Waals surface area contributed by atoms with E-state index >= 15 is 0 Å². The zero-order valence-electron chi connectivity index (χ0n) is 17.2. The van der Waals surface area contributed by atoms with Gasteiger partial charge in [-0.05, 0) is 44.4 Å². The Bertz CT molecular complexity index is 986. The predicted octanol–water partition coefficient (Wildman–Crippen LogP) is 2.99. The number of fused-ring (bicyclic) bond motifs is 1. The lowest BCUT2D eigenvalue weighted by Gasteiger charge is -2.23. The van der Waals surface area contributed by atoms with Crippen LogP contribution in [0.3, 0.4) is 0 Å². The Balaban J connectivity index is 1.71. The molecule has 0 amide bonds. The fraction of sp³-hybridized carbons (Fsp3) is 0.476. The summed E-state index contributed by atoms with van der Waals surface area (Å²) in [4.78, 5) is 16.3. The molecule has 1 aliphatic rings. The summed E-state index contributed by atoms with van der Waals surface area (Å²) in [5.74, 6) is 2.17. The van der Waals surface area contributed by atoms with Gasteiger partial charge in [0, 0.05) is 19.1 Å². The lowest BCUT2D eigenvalue weighted by Crippen LogP contribution is -2.33. The number of ether oxygens (including phenoxy) is 1. The molecular formula is C21H28N6O2. The van der Waals surface area contributed by atoms with Crippen molar-refractivity contribution < 1.29 is 9.84 Å². The molecule has 1 saturated heterocycles. The maximum absolute atomic E-state index is 9.74. The Morgan fingerprint density at radius 2 is 2.17 bits per heavy atom. The van der Waals surface area contributed by atoms with E-state index in [1.165, 1.54) is 0 Å². The van der Waals surface area contributed by atoms with Gasteiger partial charge in [0.15, 0.2) is 17.0 Å². The second kappa shape index (κ2) is 8.24. The van der Waals surface area contributed by atoms with E-state index in [1.54, 1.807) is 7.11 Å². The Labute approximate surface area is 170 Å². The van der Waals surface area contributed by atoms with Gasteiger partial charge in [-0.2, -0.15) is 9.97 Å². The number of aliphatic hydroxyl groups is 1. The number of anilines is 2. The van der Waals surface area contributed by atoms with Crippen LogP contribution in [0, 0.1) is 0 Å². The third kappa shape index (κ3) is 3.85. The van der Waals surface area contributed by atoms with Gasteiger partial charge >= 0.3 is 0 Å². The monoisotopic (exact) mass is 396 g/mol. The Hall–Kier alpha value is -2.87. The van der Waals surface area contributed by atoms with Crippen LogP contribution in [0.1, 0.15) is 38.3 Å². The highest BCUT2D eigenvalue weighted by Gasteiger charge is 2.27. The van der Waals surface area contributed by atoms with Gasteiger partial charge in [-0.25, -0.2) is 4.98 Å². The minimum atomic E-state index is 0.0640. The average Bonchev–Trinajstić information content (AvgIpc) is 3.38. The summed E-state index contributed by atoms with van der Waals surface area (Å²) in [5.41, 5.74) is 2.65. The second-order valence-corrected chi connectivity index (χ2v) is 7.67. The van der Waals surface area contributed by atoms with Crippen molar-refractivity contribution in [2.45, 2.75) is 45.3 Å². The molecule has 1 atom stereocenters. The summed E-state index contributed by atoms with van der Waals surface area (Å²) in [6.07, 6.45) is 3.80. The van der Waals surface area contributed by atoms with Gasteiger partial charge in [-0.3, -0.25) is 0 Å². The van der Waals surface area contributed by atoms with Crippen molar-refractivity contribution in [1.82, 2.24) is 19.5 Å². The molecule has 0 radical (unpaired) electrons. The van der Waals surface area contributed by atoms with Crippen molar-refractivity contribution in [3.05, 3.63) is 36.2 Å². The van der Waals surface area contributed by atoms with Gasteiger partial charge in [0.2, 0.25) is 5.95 Å². The number of nitrogens with zero attached hydrogens (tertiary/aromatic N) is 5. The van der Waals surface area contributed by atoms with Crippen LogP contribution in [0.25, 0.3) is 11.2 Å². The number of benzene rings is 1. The molecule has 0 unspecified atom stereocenters. The van der Waals surface area contributed by atoms with Gasteiger partial charge < -0.3 is 24.6 Å². The highest BCUT2D eigenvalue weighted by atomic mass is 16.5. The van der Waals surface area contributed by atoms with Crippen LogP contribution in [-0.2, 0) is 6.54 Å². The molecule has 3 aromatic rings. The normalized spacial score (nSPS) is 16.7. The Morgan fingerprint density at radius 1 is 1.31 bits per heavy atom. The van der Waals surface area contributed by atoms with Crippen molar-refractivity contribution in [2.75, 3.05) is 30.5 Å². The van der Waals surface area contributed by atoms with Crippen LogP contribution in [-0.4, -0.2) is 50.9 Å². The van der Waals surface area contributed by atoms with E-state index in [2.05, 4.69) is 33.6 Å². The molecule has 8 nitrogen and oxygen atoms in total. The van der Waals surface area contributed by atoms with Crippen molar-refractivity contribution in [3.8, 4) is 5.75 Å². The van der Waals surface area contributed by atoms with Gasteiger partial charge in [0.05, 0.1) is 26.1 Å². The van der Waals surface area contributed by atoms with Crippen LogP contribution in [0.2, 0.25) is 0 Å². The summed E-state index contributed by atoms with van der Waals surface area (Å²) in [5, 5.41) is 13.2. The standard InChI is InChI=1S/C21H28N6O2/c1-14(2)27-13-23-18-19(22-11-15-6-4-8-17(10-15)29-3)24-21(25-20(18)27)26-9-5-7-16(26)12-28/h4,6,8,10,13-14,16,28H,5,7,9,11-12H2,1-3H3,(H,22,24,25)/t16-/m1/s1. The number of methoxy groups -OCH3 is 1. The summed E-state index contributed by atoms with van der Waals surface area (Å²) < 4.78 is 7.37. The number of aromatic nitrogens is 4. The molecule has 0 aliphatic carbocycles. The molecule has 0 spiro atoms. The van der Waals surface area contributed by atoms with Crippen molar-refractivity contribution in [3.63, 3.8) is 0 Å². The highest BCUT2D eigenvalue weighted by Crippen LogP contribution is 2.29. The Morgan fingerprint density at radius 3 is 2.93 bits per heavy atom. The molecular weight excluding hydrogens is 368 g/mol. The molecule has 8 heteroatoms. The van der Waals surface area contributed by atoms with Crippen molar-refractivity contribution >= 4 is 22.9 Å². The van der Waals surface area contributed by atoms with Crippen molar-refractivity contribution in [1.29, 1.82) is 0 Å². The minimum Gasteiger partial charge on any atom is -0.497 e. The smallest absolute Gasteiger partial charge is 0.229 e. The van der Waals surface area contributed by atoms with E-state index in [-0.39, 0.29) is 18.7 Å². The first-order chi connectivity index (χ1) is 14.1. The number of hydrogen-bond acceptors (Lipinski definition) is 7. The third-order valence-corrected chi connectivity index (χ3v) is 5.40. The van der Waals surface area contributed by atoms with Gasteiger partial charge in [-0.1, -0.05) is 12.1 Å². The number of aliphatic hydroxyl groups excluding tert-OH is 1. The molecule has 1 fully saturated rings. The lowest BCUT2D eigenvalue weighted by atomic mass is 10.2. The largest absolute Gasteiger partial charge is 0.497 e. The number of nitrogens with one attached hydrogen (secondary N) is 1. The van der Waals surface area contributed by atoms with Crippen LogP contribution in [0.5, 0.6) is 5.75 Å². The molecule has 2 aromatic heterocycles. The molecule has 1 aromatic carbocycles. The zero-order chi connectivity index (χ0) is 20.4. The van der Waals surface area contributed by atoms with E-state index < -0.39 is 0 Å². The molecule has 4 rings (SSSR count). The van der Waals surface area contributed by atoms with Gasteiger partial charge in [0.1, 0.15) is 5.75 Å². The SMILES string of the molecule is COc1cccc(CNc2nc(N3CCC[C@@H]3CO)nc3c2ncn3C(C)C)c1. The van der Waals surface area contributed by atoms with E-state index in [1.807, 2.05) is 30.6 Å². The van der Waals surface area contributed by atoms with Crippen LogP contribution in [0.15, 0.2) is 30.6 Å². The third-order valence-electron chi connectivity index (χ3n) is 5.40. The van der Waals surface area contributed by atoms with Crippen molar-refractivity contribution in [2.24, 2.45) is 0 Å². The van der Waals surface area contributed by atoms with Crippen LogP contribution < -0.4 is 15.0 Å². The maximum Gasteiger partial charge on any atom is 0.229 e. The number of hydrogen-bond donors (Lipinski definition) is 2. The Kier molecular flexibility index (Phi) is 5.53. The van der Waals surface area contributed by atoms with E-state index in [9.17, 15) is 5.11 Å². The molecule has 3 heterocycles. The van der Waals surface area contributed by atoms with Crippen LogP contribution in [0.4, 0.5) is 11.8 Å². The lowest BCUT2D eigenvalue weighted by molar-refractivity contribution is 0.265. The van der Waals surface area contributed by atoms with Gasteiger partial charge in [-0.15, -0.1) is 0 Å². The first-order valence-corrected chi connectivity index (χ1v) is 10.1. The van der Waals surface area contributed by atoms with E-state index in [0.717, 1.165) is 41.9 Å². The number of rotatable bonds is 7. The van der Waals surface area contributed by atoms with E-state index in [4.69, 9.17) is 14.7 Å². The fourth-order valence-electron chi connectivity index (χ4n) is 3.79. The molecule has 1 aliphatic heterocycles. The second-order valence-electron chi connectivity index (χ2n) is 7.67. The number of imidazole rings is 1. The fourth-order valence-corrected chi connectivity index (χ4v) is 3.79. The summed E-state index contributed by atoms with van der Waals surface area (Å²) >= 11 is 0. The molecule has 29 heavy (non-hydrogen) atoms.